The summed E-state index contributed by atoms with van der Waals surface area (Å²) in [4.78, 5) is 0. The minimum atomic E-state index is -4.47. The van der Waals surface area contributed by atoms with Crippen LogP contribution in [0.2, 0.25) is 0 Å². The van der Waals surface area contributed by atoms with Gasteiger partial charge in [-0.05, 0) is 25.1 Å². The molecule has 0 aliphatic carbocycles. The van der Waals surface area contributed by atoms with Crippen molar-refractivity contribution >= 4 is 0 Å². The highest BCUT2D eigenvalue weighted by atomic mass is 19.4. The average Bonchev–Trinajstić information content (AvgIpc) is 2.14. The van der Waals surface area contributed by atoms with Crippen LogP contribution in [0.1, 0.15) is 18.6 Å². The average molecular weight is 238 g/mol. The first-order valence-corrected chi connectivity index (χ1v) is 4.46. The standard InChI is InChI=1S/C10H10F4O2/c1-6(15)8-4-7(11)2-3-9(8)16-5-10(12,13)14/h2-4,6,15H,5H2,1H3/t6-/m0/s1. The van der Waals surface area contributed by atoms with E-state index in [2.05, 4.69) is 4.74 Å². The van der Waals surface area contributed by atoms with Crippen LogP contribution < -0.4 is 4.74 Å². The topological polar surface area (TPSA) is 29.5 Å². The van der Waals surface area contributed by atoms with Crippen LogP contribution in [-0.4, -0.2) is 17.9 Å². The Hall–Kier alpha value is -1.30. The summed E-state index contributed by atoms with van der Waals surface area (Å²) < 4.78 is 52.9. The van der Waals surface area contributed by atoms with Crippen molar-refractivity contribution in [3.05, 3.63) is 29.6 Å². The van der Waals surface area contributed by atoms with Crippen molar-refractivity contribution in [1.82, 2.24) is 0 Å². The predicted octanol–water partition coefficient (Wildman–Crippen LogP) is 2.82. The van der Waals surface area contributed by atoms with Crippen LogP contribution >= 0.6 is 0 Å². The fourth-order valence-electron chi connectivity index (χ4n) is 1.14. The molecule has 0 amide bonds. The van der Waals surface area contributed by atoms with E-state index < -0.39 is 24.7 Å². The summed E-state index contributed by atoms with van der Waals surface area (Å²) >= 11 is 0. The van der Waals surface area contributed by atoms with Crippen LogP contribution in [-0.2, 0) is 0 Å². The lowest BCUT2D eigenvalue weighted by Crippen LogP contribution is -2.20. The smallest absolute Gasteiger partial charge is 0.422 e. The summed E-state index contributed by atoms with van der Waals surface area (Å²) in [5.74, 6) is -0.816. The molecule has 0 fully saturated rings. The lowest BCUT2D eigenvalue weighted by atomic mass is 10.1. The van der Waals surface area contributed by atoms with Crippen molar-refractivity contribution in [2.75, 3.05) is 6.61 Å². The van der Waals surface area contributed by atoms with Crippen molar-refractivity contribution < 1.29 is 27.4 Å². The Morgan fingerprint density at radius 1 is 1.38 bits per heavy atom. The molecule has 0 saturated carbocycles. The van der Waals surface area contributed by atoms with E-state index >= 15 is 0 Å². The molecule has 0 spiro atoms. The number of hydrogen-bond donors (Lipinski definition) is 1. The van der Waals surface area contributed by atoms with Crippen LogP contribution in [0.25, 0.3) is 0 Å². The number of ether oxygens (including phenoxy) is 1. The molecule has 0 radical (unpaired) electrons. The summed E-state index contributed by atoms with van der Waals surface area (Å²) in [6, 6.07) is 2.97. The predicted molar refractivity (Wildman–Crippen MR) is 48.6 cm³/mol. The second-order valence-corrected chi connectivity index (χ2v) is 3.26. The van der Waals surface area contributed by atoms with Crippen molar-refractivity contribution in [1.29, 1.82) is 0 Å². The number of alkyl halides is 3. The fraction of sp³-hybridized carbons (Fsp3) is 0.400. The van der Waals surface area contributed by atoms with Gasteiger partial charge in [0, 0.05) is 5.56 Å². The summed E-state index contributed by atoms with van der Waals surface area (Å²) in [6.45, 7) is -0.159. The van der Waals surface area contributed by atoms with E-state index in [0.717, 1.165) is 18.2 Å². The molecular formula is C10H10F4O2. The molecule has 0 aromatic heterocycles. The van der Waals surface area contributed by atoms with Gasteiger partial charge in [-0.3, -0.25) is 0 Å². The first-order valence-electron chi connectivity index (χ1n) is 4.46. The molecule has 90 valence electrons. The molecule has 2 nitrogen and oxygen atoms in total. The number of hydrogen-bond acceptors (Lipinski definition) is 2. The number of benzene rings is 1. The highest BCUT2D eigenvalue weighted by molar-refractivity contribution is 5.35. The lowest BCUT2D eigenvalue weighted by Gasteiger charge is -2.14. The summed E-state index contributed by atoms with van der Waals surface area (Å²) in [5, 5.41) is 9.23. The van der Waals surface area contributed by atoms with Gasteiger partial charge < -0.3 is 9.84 Å². The highest BCUT2D eigenvalue weighted by Crippen LogP contribution is 2.27. The van der Waals surface area contributed by atoms with Gasteiger partial charge in [-0.15, -0.1) is 0 Å². The molecule has 1 aromatic carbocycles. The van der Waals surface area contributed by atoms with Crippen molar-refractivity contribution in [2.45, 2.75) is 19.2 Å². The molecule has 0 bridgehead atoms. The van der Waals surface area contributed by atoms with Gasteiger partial charge in [0.2, 0.25) is 0 Å². The van der Waals surface area contributed by atoms with Gasteiger partial charge >= 0.3 is 6.18 Å². The Morgan fingerprint density at radius 2 is 2.00 bits per heavy atom. The molecule has 0 aliphatic heterocycles. The fourth-order valence-corrected chi connectivity index (χ4v) is 1.14. The molecule has 1 N–H and O–H groups in total. The number of aliphatic hydroxyl groups is 1. The summed E-state index contributed by atoms with van der Waals surface area (Å²) in [6.07, 6.45) is -5.57. The Bertz CT molecular complexity index is 360. The summed E-state index contributed by atoms with van der Waals surface area (Å²) in [5.41, 5.74) is -0.00995. The molecule has 0 saturated heterocycles. The Balaban J connectivity index is 2.87. The molecule has 16 heavy (non-hydrogen) atoms. The third-order valence-electron chi connectivity index (χ3n) is 1.81. The quantitative estimate of drug-likeness (QED) is 0.820. The molecule has 6 heteroatoms. The summed E-state index contributed by atoms with van der Waals surface area (Å²) in [7, 11) is 0. The van der Waals surface area contributed by atoms with E-state index in [1.54, 1.807) is 0 Å². The number of rotatable bonds is 3. The van der Waals surface area contributed by atoms with Crippen molar-refractivity contribution in [3.8, 4) is 5.75 Å². The first-order chi connectivity index (χ1) is 7.29. The lowest BCUT2D eigenvalue weighted by molar-refractivity contribution is -0.153. The normalized spacial score (nSPS) is 13.6. The van der Waals surface area contributed by atoms with E-state index in [9.17, 15) is 22.7 Å². The molecule has 1 atom stereocenters. The second-order valence-electron chi connectivity index (χ2n) is 3.26. The van der Waals surface area contributed by atoms with Gasteiger partial charge in [0.1, 0.15) is 11.6 Å². The van der Waals surface area contributed by atoms with E-state index in [1.807, 2.05) is 0 Å². The molecule has 1 rings (SSSR count). The number of halogens is 4. The zero-order chi connectivity index (χ0) is 12.3. The zero-order valence-corrected chi connectivity index (χ0v) is 8.38. The Morgan fingerprint density at radius 3 is 2.50 bits per heavy atom. The molecule has 1 aromatic rings. The van der Waals surface area contributed by atoms with Crippen LogP contribution in [0.4, 0.5) is 17.6 Å². The molecule has 0 heterocycles. The molecule has 0 unspecified atom stereocenters. The second kappa shape index (κ2) is 4.69. The maximum absolute atomic E-state index is 12.8. The molecule has 0 aliphatic rings. The van der Waals surface area contributed by atoms with Crippen molar-refractivity contribution in [2.24, 2.45) is 0 Å². The third kappa shape index (κ3) is 3.69. The van der Waals surface area contributed by atoms with Crippen LogP contribution in [0, 0.1) is 5.82 Å². The Labute approximate surface area is 89.5 Å². The minimum Gasteiger partial charge on any atom is -0.484 e. The maximum Gasteiger partial charge on any atom is 0.422 e. The zero-order valence-electron chi connectivity index (χ0n) is 8.38. The maximum atomic E-state index is 12.8. The van der Waals surface area contributed by atoms with Gasteiger partial charge in [-0.1, -0.05) is 0 Å². The van der Waals surface area contributed by atoms with Crippen LogP contribution in [0.5, 0.6) is 5.75 Å². The van der Waals surface area contributed by atoms with Crippen molar-refractivity contribution in [3.63, 3.8) is 0 Å². The SMILES string of the molecule is C[C@H](O)c1cc(F)ccc1OCC(F)(F)F. The molecular weight excluding hydrogens is 228 g/mol. The van der Waals surface area contributed by atoms with E-state index in [-0.39, 0.29) is 11.3 Å². The minimum absolute atomic E-state index is 0.00995. The first kappa shape index (κ1) is 12.8. The van der Waals surface area contributed by atoms with E-state index in [0.29, 0.717) is 0 Å². The van der Waals surface area contributed by atoms with Gasteiger partial charge in [0.15, 0.2) is 6.61 Å². The van der Waals surface area contributed by atoms with Gasteiger partial charge in [-0.2, -0.15) is 13.2 Å². The number of aliphatic hydroxyl groups excluding tert-OH is 1. The van der Waals surface area contributed by atoms with Gasteiger partial charge in [0.25, 0.3) is 0 Å². The Kier molecular flexibility index (Phi) is 3.74. The van der Waals surface area contributed by atoms with E-state index in [1.165, 1.54) is 6.92 Å². The highest BCUT2D eigenvalue weighted by Gasteiger charge is 2.29. The van der Waals surface area contributed by atoms with Crippen LogP contribution in [0.15, 0.2) is 18.2 Å². The van der Waals surface area contributed by atoms with Crippen LogP contribution in [0.3, 0.4) is 0 Å². The monoisotopic (exact) mass is 238 g/mol. The van der Waals surface area contributed by atoms with Gasteiger partial charge in [-0.25, -0.2) is 4.39 Å². The third-order valence-corrected chi connectivity index (χ3v) is 1.81. The van der Waals surface area contributed by atoms with E-state index in [4.69, 9.17) is 0 Å². The van der Waals surface area contributed by atoms with Gasteiger partial charge in [0.05, 0.1) is 6.10 Å². The largest absolute Gasteiger partial charge is 0.484 e.